The molecule has 8 nitrogen and oxygen atoms in total. The molecule has 0 amide bonds. The Bertz CT molecular complexity index is 1140. The highest BCUT2D eigenvalue weighted by Crippen LogP contribution is 2.43. The van der Waals surface area contributed by atoms with Crippen LogP contribution in [0.3, 0.4) is 0 Å². The molecule has 3 N–H and O–H groups in total. The summed E-state index contributed by atoms with van der Waals surface area (Å²) in [6, 6.07) is 0. The second-order valence-electron chi connectivity index (χ2n) is 13.2. The lowest BCUT2D eigenvalue weighted by Gasteiger charge is -2.19. The number of phosphoric acid groups is 1. The van der Waals surface area contributed by atoms with Crippen LogP contribution < -0.4 is 5.73 Å². The van der Waals surface area contributed by atoms with Gasteiger partial charge in [0.1, 0.15) is 6.61 Å². The van der Waals surface area contributed by atoms with E-state index in [1.165, 1.54) is 70.6 Å². The molecule has 308 valence electrons. The molecule has 2 atom stereocenters. The maximum Gasteiger partial charge on any atom is 0.472 e. The highest BCUT2D eigenvalue weighted by molar-refractivity contribution is 7.47. The number of phosphoric ester groups is 1. The molecule has 9 heteroatoms. The molecule has 0 rings (SSSR count). The van der Waals surface area contributed by atoms with Gasteiger partial charge in [0.05, 0.1) is 19.5 Å². The Labute approximate surface area is 330 Å². The van der Waals surface area contributed by atoms with Gasteiger partial charge >= 0.3 is 13.8 Å². The molecule has 0 bridgehead atoms. The molecule has 0 aliphatic carbocycles. The van der Waals surface area contributed by atoms with Crippen LogP contribution >= 0.6 is 7.82 Å². The Kier molecular flexibility index (Phi) is 39.3. The lowest BCUT2D eigenvalue weighted by molar-refractivity contribution is -0.153. The minimum atomic E-state index is -4.32. The zero-order valence-corrected chi connectivity index (χ0v) is 34.8. The maximum atomic E-state index is 12.5. The molecule has 0 heterocycles. The molecule has 0 radical (unpaired) electrons. The van der Waals surface area contributed by atoms with Crippen LogP contribution in [-0.4, -0.2) is 43.3 Å². The van der Waals surface area contributed by atoms with Crippen molar-refractivity contribution in [2.75, 3.05) is 26.4 Å². The number of hydrogen-bond acceptors (Lipinski definition) is 7. The highest BCUT2D eigenvalue weighted by atomic mass is 31.2. The largest absolute Gasteiger partial charge is 0.498 e. The number of esters is 1. The van der Waals surface area contributed by atoms with E-state index in [-0.39, 0.29) is 32.8 Å². The van der Waals surface area contributed by atoms with Gasteiger partial charge < -0.3 is 20.1 Å². The Hall–Kier alpha value is -2.74. The summed E-state index contributed by atoms with van der Waals surface area (Å²) in [4.78, 5) is 22.4. The minimum Gasteiger partial charge on any atom is -0.498 e. The molecule has 0 aromatic heterocycles. The zero-order chi connectivity index (χ0) is 39.5. The fourth-order valence-electron chi connectivity index (χ4n) is 5.04. The summed E-state index contributed by atoms with van der Waals surface area (Å²) in [5.41, 5.74) is 5.35. The average Bonchev–Trinajstić information content (AvgIpc) is 3.16. The van der Waals surface area contributed by atoms with Crippen LogP contribution in [0.4, 0.5) is 0 Å². The molecular weight excluding hydrogens is 697 g/mol. The first-order chi connectivity index (χ1) is 26.4. The van der Waals surface area contributed by atoms with E-state index in [2.05, 4.69) is 86.8 Å². The van der Waals surface area contributed by atoms with Gasteiger partial charge in [0, 0.05) is 13.0 Å². The number of rotatable bonds is 38. The lowest BCUT2D eigenvalue weighted by Crippen LogP contribution is -2.27. The van der Waals surface area contributed by atoms with Crippen molar-refractivity contribution in [1.29, 1.82) is 0 Å². The Morgan fingerprint density at radius 2 is 1.06 bits per heavy atom. The summed E-state index contributed by atoms with van der Waals surface area (Å²) >= 11 is 0. The Morgan fingerprint density at radius 1 is 0.593 bits per heavy atom. The predicted molar refractivity (Wildman–Crippen MR) is 228 cm³/mol. The van der Waals surface area contributed by atoms with Crippen LogP contribution in [-0.2, 0) is 27.9 Å². The van der Waals surface area contributed by atoms with Gasteiger partial charge in [0.15, 0.2) is 6.10 Å². The Morgan fingerprint density at radius 3 is 1.57 bits per heavy atom. The molecule has 0 saturated carbocycles. The van der Waals surface area contributed by atoms with Crippen LogP contribution in [0.25, 0.3) is 0 Å². The van der Waals surface area contributed by atoms with Crippen molar-refractivity contribution in [1.82, 2.24) is 0 Å². The summed E-state index contributed by atoms with van der Waals surface area (Å²) in [5.74, 6) is -0.440. The first kappa shape index (κ1) is 51.3. The van der Waals surface area contributed by atoms with Gasteiger partial charge in [0.2, 0.25) is 0 Å². The quantitative estimate of drug-likeness (QED) is 0.0209. The second kappa shape index (κ2) is 41.4. The molecular formula is C45H76NO7P. The Balaban J connectivity index is 4.28. The molecule has 0 saturated heterocycles. The minimum absolute atomic E-state index is 0.00771. The first-order valence-corrected chi connectivity index (χ1v) is 22.3. The van der Waals surface area contributed by atoms with E-state index in [1.807, 2.05) is 18.2 Å². The number of allylic oxidation sites excluding steroid dienone is 15. The van der Waals surface area contributed by atoms with E-state index in [0.717, 1.165) is 51.4 Å². The second-order valence-corrected chi connectivity index (χ2v) is 14.6. The van der Waals surface area contributed by atoms with Crippen molar-refractivity contribution >= 4 is 13.8 Å². The van der Waals surface area contributed by atoms with Crippen molar-refractivity contribution in [2.45, 2.75) is 155 Å². The summed E-state index contributed by atoms with van der Waals surface area (Å²) in [6.07, 6.45) is 55.3. The van der Waals surface area contributed by atoms with Crippen molar-refractivity contribution < 1.29 is 32.8 Å². The molecule has 0 spiro atoms. The summed E-state index contributed by atoms with van der Waals surface area (Å²) < 4.78 is 33.0. The number of unbranched alkanes of at least 4 members (excludes halogenated alkanes) is 11. The van der Waals surface area contributed by atoms with E-state index >= 15 is 0 Å². The average molecular weight is 774 g/mol. The third kappa shape index (κ3) is 40.4. The smallest absolute Gasteiger partial charge is 0.472 e. The van der Waals surface area contributed by atoms with Crippen LogP contribution in [0.2, 0.25) is 0 Å². The van der Waals surface area contributed by atoms with Crippen LogP contribution in [0.1, 0.15) is 149 Å². The predicted octanol–water partition coefficient (Wildman–Crippen LogP) is 12.6. The van der Waals surface area contributed by atoms with Gasteiger partial charge in [-0.05, 0) is 89.5 Å². The van der Waals surface area contributed by atoms with Crippen molar-refractivity contribution in [2.24, 2.45) is 5.73 Å². The van der Waals surface area contributed by atoms with Gasteiger partial charge in [0.25, 0.3) is 0 Å². The fourth-order valence-corrected chi connectivity index (χ4v) is 5.80. The van der Waals surface area contributed by atoms with Gasteiger partial charge in [-0.1, -0.05) is 144 Å². The number of carbonyl (C=O) groups excluding carboxylic acids is 1. The SMILES string of the molecule is CC/C=C\C/C=C\C/C=C\C/C=C\C/C=C\C/C=C\CCC(=O)O[C@H](CO/C=C\CCCCCCCC/C=C\CCCCCC)COP(=O)(O)OCCN. The molecule has 1 unspecified atom stereocenters. The van der Waals surface area contributed by atoms with Crippen molar-refractivity contribution in [3.8, 4) is 0 Å². The standard InChI is InChI=1S/C45H76NO7P/c1-3-5-7-9-11-13-15-17-19-21-22-23-24-26-28-30-32-34-36-38-45(47)53-44(43-52-54(48,49)51-41-39-46)42-50-40-37-35-33-31-29-27-25-20-18-16-14-12-10-8-6-4-2/h5,7,11,13-14,16-17,19,22-23,26,28,32,34,37,40,44H,3-4,6,8-10,12,15,18,20-21,24-25,27,29-31,33,35-36,38-39,41-43,46H2,1-2H3,(H,48,49)/b7-5-,13-11-,16-14-,19-17-,23-22-,28-26-,34-32-,40-37-/t44-/m1/s1. The molecule has 0 fully saturated rings. The number of hydrogen-bond donors (Lipinski definition) is 2. The summed E-state index contributed by atoms with van der Waals surface area (Å²) in [5, 5.41) is 0. The van der Waals surface area contributed by atoms with E-state index in [0.29, 0.717) is 6.42 Å². The molecule has 0 aromatic rings. The fraction of sp³-hybridized carbons (Fsp3) is 0.622. The number of ether oxygens (including phenoxy) is 2. The van der Waals surface area contributed by atoms with Crippen molar-refractivity contribution in [3.05, 3.63) is 97.4 Å². The lowest BCUT2D eigenvalue weighted by atomic mass is 10.1. The first-order valence-electron chi connectivity index (χ1n) is 20.8. The number of nitrogens with two attached hydrogens (primary N) is 1. The van der Waals surface area contributed by atoms with Crippen LogP contribution in [0.5, 0.6) is 0 Å². The van der Waals surface area contributed by atoms with Gasteiger partial charge in [-0.3, -0.25) is 13.8 Å². The highest BCUT2D eigenvalue weighted by Gasteiger charge is 2.25. The molecule has 0 aliphatic rings. The van der Waals surface area contributed by atoms with E-state index in [9.17, 15) is 14.3 Å². The molecule has 0 aromatic carbocycles. The summed E-state index contributed by atoms with van der Waals surface area (Å²) in [7, 11) is -4.32. The van der Waals surface area contributed by atoms with E-state index in [1.54, 1.807) is 6.26 Å². The van der Waals surface area contributed by atoms with Crippen LogP contribution in [0.15, 0.2) is 97.4 Å². The monoisotopic (exact) mass is 774 g/mol. The van der Waals surface area contributed by atoms with E-state index < -0.39 is 19.9 Å². The van der Waals surface area contributed by atoms with E-state index in [4.69, 9.17) is 24.3 Å². The molecule has 0 aliphatic heterocycles. The topological polar surface area (TPSA) is 117 Å². The summed E-state index contributed by atoms with van der Waals surface area (Å²) in [6.45, 7) is 3.99. The van der Waals surface area contributed by atoms with Gasteiger partial charge in [-0.25, -0.2) is 4.57 Å². The zero-order valence-electron chi connectivity index (χ0n) is 33.9. The normalized spacial score (nSPS) is 14.4. The third-order valence-electron chi connectivity index (χ3n) is 8.06. The van der Waals surface area contributed by atoms with Crippen LogP contribution in [0, 0.1) is 0 Å². The number of carbonyl (C=O) groups is 1. The van der Waals surface area contributed by atoms with Gasteiger partial charge in [-0.2, -0.15) is 0 Å². The third-order valence-corrected chi connectivity index (χ3v) is 9.05. The molecule has 54 heavy (non-hydrogen) atoms. The van der Waals surface area contributed by atoms with Crippen molar-refractivity contribution in [3.63, 3.8) is 0 Å². The maximum absolute atomic E-state index is 12.5. The van der Waals surface area contributed by atoms with Gasteiger partial charge in [-0.15, -0.1) is 0 Å².